The number of nitrogens with one attached hydrogen (secondary N) is 1. The molecule has 0 aliphatic carbocycles. The number of anilines is 1. The number of ether oxygens (including phenoxy) is 1. The van der Waals surface area contributed by atoms with E-state index in [1.807, 2.05) is 6.92 Å². The predicted molar refractivity (Wildman–Crippen MR) is 78.6 cm³/mol. The van der Waals surface area contributed by atoms with Crippen molar-refractivity contribution in [1.82, 2.24) is 14.4 Å². The standard InChI is InChI=1S/C14H12ClFN4O/c1-2-17-11-8-20-7-6-18-13(20)14(19-11)21-10-5-3-4-9(15)12(10)16/h3-8,17H,2H2,1H3. The van der Waals surface area contributed by atoms with Crippen LogP contribution in [0.15, 0.2) is 36.8 Å². The van der Waals surface area contributed by atoms with Gasteiger partial charge in [0.1, 0.15) is 5.82 Å². The smallest absolute Gasteiger partial charge is 0.265 e. The summed E-state index contributed by atoms with van der Waals surface area (Å²) in [7, 11) is 0. The van der Waals surface area contributed by atoms with Gasteiger partial charge in [0.2, 0.25) is 5.65 Å². The summed E-state index contributed by atoms with van der Waals surface area (Å²) in [5, 5.41) is 3.08. The van der Waals surface area contributed by atoms with Crippen LogP contribution < -0.4 is 10.1 Å². The molecule has 0 saturated carbocycles. The lowest BCUT2D eigenvalue weighted by Gasteiger charge is -2.10. The maximum Gasteiger partial charge on any atom is 0.265 e. The third kappa shape index (κ3) is 2.62. The molecule has 0 saturated heterocycles. The van der Waals surface area contributed by atoms with Crippen molar-refractivity contribution in [2.24, 2.45) is 0 Å². The molecule has 0 spiro atoms. The van der Waals surface area contributed by atoms with Crippen LogP contribution in [0.25, 0.3) is 5.65 Å². The Morgan fingerprint density at radius 3 is 3.10 bits per heavy atom. The first-order valence-corrected chi connectivity index (χ1v) is 6.76. The quantitative estimate of drug-likeness (QED) is 0.797. The number of nitrogens with zero attached hydrogens (tertiary/aromatic N) is 3. The van der Waals surface area contributed by atoms with Crippen molar-refractivity contribution in [1.29, 1.82) is 0 Å². The number of rotatable bonds is 4. The van der Waals surface area contributed by atoms with Gasteiger partial charge in [-0.25, -0.2) is 9.37 Å². The molecule has 0 amide bonds. The van der Waals surface area contributed by atoms with Crippen LogP contribution in [-0.4, -0.2) is 20.9 Å². The van der Waals surface area contributed by atoms with Gasteiger partial charge in [-0.2, -0.15) is 4.98 Å². The van der Waals surface area contributed by atoms with Crippen molar-refractivity contribution in [3.63, 3.8) is 0 Å². The van der Waals surface area contributed by atoms with Crippen LogP contribution in [-0.2, 0) is 0 Å². The van der Waals surface area contributed by atoms with E-state index in [4.69, 9.17) is 16.3 Å². The van der Waals surface area contributed by atoms with Gasteiger partial charge in [-0.05, 0) is 19.1 Å². The van der Waals surface area contributed by atoms with Crippen molar-refractivity contribution in [3.8, 4) is 11.6 Å². The minimum absolute atomic E-state index is 0.00491. The minimum atomic E-state index is -0.625. The van der Waals surface area contributed by atoms with Crippen molar-refractivity contribution >= 4 is 23.1 Å². The Morgan fingerprint density at radius 1 is 1.43 bits per heavy atom. The third-order valence-corrected chi connectivity index (χ3v) is 3.12. The van der Waals surface area contributed by atoms with Crippen LogP contribution in [0.1, 0.15) is 6.92 Å². The van der Waals surface area contributed by atoms with Gasteiger partial charge in [0.15, 0.2) is 11.6 Å². The molecule has 7 heteroatoms. The fourth-order valence-corrected chi connectivity index (χ4v) is 2.07. The zero-order chi connectivity index (χ0) is 14.8. The van der Waals surface area contributed by atoms with Crippen LogP contribution in [0.4, 0.5) is 10.2 Å². The van der Waals surface area contributed by atoms with Gasteiger partial charge in [0.25, 0.3) is 5.88 Å². The first-order chi connectivity index (χ1) is 10.2. The molecular formula is C14H12ClFN4O. The highest BCUT2D eigenvalue weighted by Crippen LogP contribution is 2.30. The average molecular weight is 307 g/mol. The molecule has 0 atom stereocenters. The largest absolute Gasteiger partial charge is 0.433 e. The van der Waals surface area contributed by atoms with Gasteiger partial charge >= 0.3 is 0 Å². The van der Waals surface area contributed by atoms with E-state index >= 15 is 0 Å². The second-order valence-electron chi connectivity index (χ2n) is 4.27. The molecule has 5 nitrogen and oxygen atoms in total. The first-order valence-electron chi connectivity index (χ1n) is 6.38. The Bertz CT molecular complexity index is 790. The molecule has 2 heterocycles. The maximum atomic E-state index is 13.9. The number of hydrogen-bond donors (Lipinski definition) is 1. The Kier molecular flexibility index (Phi) is 3.62. The number of fused-ring (bicyclic) bond motifs is 1. The van der Waals surface area contributed by atoms with Gasteiger partial charge in [-0.1, -0.05) is 17.7 Å². The molecule has 108 valence electrons. The molecule has 21 heavy (non-hydrogen) atoms. The zero-order valence-electron chi connectivity index (χ0n) is 11.2. The molecule has 0 radical (unpaired) electrons. The van der Waals surface area contributed by atoms with Gasteiger partial charge in [0, 0.05) is 18.9 Å². The second-order valence-corrected chi connectivity index (χ2v) is 4.68. The van der Waals surface area contributed by atoms with Gasteiger partial charge < -0.3 is 10.1 Å². The van der Waals surface area contributed by atoms with Crippen molar-refractivity contribution < 1.29 is 9.13 Å². The highest BCUT2D eigenvalue weighted by Gasteiger charge is 2.13. The monoisotopic (exact) mass is 306 g/mol. The lowest BCUT2D eigenvalue weighted by Crippen LogP contribution is -2.03. The van der Waals surface area contributed by atoms with E-state index in [1.165, 1.54) is 12.1 Å². The van der Waals surface area contributed by atoms with E-state index in [2.05, 4.69) is 15.3 Å². The molecule has 3 rings (SSSR count). The number of imidazole rings is 1. The van der Waals surface area contributed by atoms with E-state index in [1.54, 1.807) is 29.1 Å². The fraction of sp³-hybridized carbons (Fsp3) is 0.143. The molecule has 0 bridgehead atoms. The average Bonchev–Trinajstić information content (AvgIpc) is 2.93. The predicted octanol–water partition coefficient (Wildman–Crippen LogP) is 3.75. The molecule has 3 aromatic rings. The van der Waals surface area contributed by atoms with Crippen LogP contribution in [0, 0.1) is 5.82 Å². The van der Waals surface area contributed by atoms with Crippen molar-refractivity contribution in [3.05, 3.63) is 47.6 Å². The summed E-state index contributed by atoms with van der Waals surface area (Å²) in [5.41, 5.74) is 0.496. The molecule has 0 unspecified atom stereocenters. The van der Waals surface area contributed by atoms with E-state index in [-0.39, 0.29) is 16.7 Å². The molecule has 0 aliphatic heterocycles. The Balaban J connectivity index is 2.06. The van der Waals surface area contributed by atoms with E-state index in [0.29, 0.717) is 18.0 Å². The van der Waals surface area contributed by atoms with Gasteiger partial charge in [0.05, 0.1) is 11.2 Å². The Labute approximate surface area is 125 Å². The topological polar surface area (TPSA) is 51.5 Å². The molecule has 2 aromatic heterocycles. The second kappa shape index (κ2) is 5.57. The van der Waals surface area contributed by atoms with E-state index in [9.17, 15) is 4.39 Å². The maximum absolute atomic E-state index is 13.9. The van der Waals surface area contributed by atoms with Crippen molar-refractivity contribution in [2.75, 3.05) is 11.9 Å². The Hall–Kier alpha value is -2.34. The summed E-state index contributed by atoms with van der Waals surface area (Å²) in [4.78, 5) is 8.46. The van der Waals surface area contributed by atoms with Gasteiger partial charge in [-0.15, -0.1) is 0 Å². The minimum Gasteiger partial charge on any atom is -0.433 e. The molecule has 1 aromatic carbocycles. The first kappa shape index (κ1) is 13.6. The number of hydrogen-bond acceptors (Lipinski definition) is 4. The summed E-state index contributed by atoms with van der Waals surface area (Å²) < 4.78 is 21.2. The number of aromatic nitrogens is 3. The third-order valence-electron chi connectivity index (χ3n) is 2.82. The summed E-state index contributed by atoms with van der Waals surface area (Å²) in [5.74, 6) is 0.202. The molecule has 0 fully saturated rings. The Morgan fingerprint density at radius 2 is 2.29 bits per heavy atom. The summed E-state index contributed by atoms with van der Waals surface area (Å²) in [6.45, 7) is 2.66. The zero-order valence-corrected chi connectivity index (χ0v) is 11.9. The summed E-state index contributed by atoms with van der Waals surface area (Å²) in [6.07, 6.45) is 5.17. The highest BCUT2D eigenvalue weighted by molar-refractivity contribution is 6.30. The summed E-state index contributed by atoms with van der Waals surface area (Å²) >= 11 is 5.75. The molecule has 1 N–H and O–H groups in total. The normalized spacial score (nSPS) is 10.8. The highest BCUT2D eigenvalue weighted by atomic mass is 35.5. The van der Waals surface area contributed by atoms with E-state index in [0.717, 1.165) is 0 Å². The molecule has 0 aliphatic rings. The van der Waals surface area contributed by atoms with E-state index < -0.39 is 5.82 Å². The SMILES string of the molecule is CCNc1cn2ccnc2c(Oc2cccc(Cl)c2F)n1. The summed E-state index contributed by atoms with van der Waals surface area (Å²) in [6, 6.07) is 4.55. The lowest BCUT2D eigenvalue weighted by molar-refractivity contribution is 0.430. The van der Waals surface area contributed by atoms with Crippen LogP contribution in [0.5, 0.6) is 11.6 Å². The number of halogens is 2. The van der Waals surface area contributed by atoms with Gasteiger partial charge in [-0.3, -0.25) is 4.40 Å². The fourth-order valence-electron chi connectivity index (χ4n) is 1.90. The molecular weight excluding hydrogens is 295 g/mol. The van der Waals surface area contributed by atoms with Crippen LogP contribution in [0.2, 0.25) is 5.02 Å². The van der Waals surface area contributed by atoms with Crippen LogP contribution in [0.3, 0.4) is 0 Å². The number of benzene rings is 1. The lowest BCUT2D eigenvalue weighted by atomic mass is 10.3. The van der Waals surface area contributed by atoms with Crippen molar-refractivity contribution in [2.45, 2.75) is 6.92 Å². The van der Waals surface area contributed by atoms with Crippen LogP contribution >= 0.6 is 11.6 Å².